The smallest absolute Gasteiger partial charge is 0.320 e. The van der Waals surface area contributed by atoms with Crippen molar-refractivity contribution in [2.45, 2.75) is 38.2 Å². The lowest BCUT2D eigenvalue weighted by Crippen LogP contribution is -2.53. The van der Waals surface area contributed by atoms with E-state index in [1.54, 1.807) is 16.7 Å². The molecule has 0 saturated carbocycles. The number of amides is 2. The highest BCUT2D eigenvalue weighted by Gasteiger charge is 2.34. The van der Waals surface area contributed by atoms with E-state index in [4.69, 9.17) is 5.11 Å². The maximum atomic E-state index is 12.3. The molecule has 2 fully saturated rings. The zero-order valence-corrected chi connectivity index (χ0v) is 11.3. The number of rotatable bonds is 1. The number of nitrogens with zero attached hydrogens (tertiary/aromatic N) is 2. The van der Waals surface area contributed by atoms with E-state index in [1.807, 2.05) is 0 Å². The predicted octanol–water partition coefficient (Wildman–Crippen LogP) is 0.750. The molecule has 0 aromatic heterocycles. The third kappa shape index (κ3) is 3.37. The molecule has 19 heavy (non-hydrogen) atoms. The summed E-state index contributed by atoms with van der Waals surface area (Å²) < 4.78 is 0. The number of carboxylic acid groups (broad SMARTS) is 1. The lowest BCUT2D eigenvalue weighted by atomic mass is 9.94. The number of likely N-dealkylation sites (tertiary alicyclic amines) is 2. The van der Waals surface area contributed by atoms with E-state index in [2.05, 4.69) is 0 Å². The maximum absolute atomic E-state index is 12.3. The Hall–Kier alpha value is -1.30. The second-order valence-corrected chi connectivity index (χ2v) is 5.89. The minimum absolute atomic E-state index is 0.0820. The third-order valence-corrected chi connectivity index (χ3v) is 4.15. The molecule has 0 radical (unpaired) electrons. The molecule has 2 amide bonds. The number of hydrogen-bond acceptors (Lipinski definition) is 3. The van der Waals surface area contributed by atoms with Crippen LogP contribution in [0.5, 0.6) is 0 Å². The quantitative estimate of drug-likeness (QED) is 0.736. The topological polar surface area (TPSA) is 81.1 Å². The number of carboxylic acids is 1. The summed E-state index contributed by atoms with van der Waals surface area (Å²) in [6, 6.07) is -0.0820. The molecular weight excluding hydrogens is 248 g/mol. The average Bonchev–Trinajstić information content (AvgIpc) is 2.38. The average molecular weight is 270 g/mol. The van der Waals surface area contributed by atoms with Crippen LogP contribution >= 0.6 is 0 Å². The van der Waals surface area contributed by atoms with Gasteiger partial charge in [0, 0.05) is 26.2 Å². The van der Waals surface area contributed by atoms with Gasteiger partial charge in [-0.25, -0.2) is 4.79 Å². The molecule has 2 N–H and O–H groups in total. The monoisotopic (exact) mass is 270 g/mol. The van der Waals surface area contributed by atoms with Crippen molar-refractivity contribution in [3.63, 3.8) is 0 Å². The highest BCUT2D eigenvalue weighted by molar-refractivity contribution is 5.76. The zero-order chi connectivity index (χ0) is 14.0. The van der Waals surface area contributed by atoms with Crippen LogP contribution in [0.25, 0.3) is 0 Å². The molecule has 2 saturated heterocycles. The number of aliphatic carboxylic acids is 1. The van der Waals surface area contributed by atoms with Crippen LogP contribution in [0.4, 0.5) is 4.79 Å². The Morgan fingerprint density at radius 3 is 2.37 bits per heavy atom. The highest BCUT2D eigenvalue weighted by Crippen LogP contribution is 2.24. The van der Waals surface area contributed by atoms with Crippen molar-refractivity contribution in [1.82, 2.24) is 9.80 Å². The van der Waals surface area contributed by atoms with Gasteiger partial charge in [0.15, 0.2) is 0 Å². The number of aliphatic hydroxyl groups is 1. The van der Waals surface area contributed by atoms with Crippen molar-refractivity contribution in [3.8, 4) is 0 Å². The Morgan fingerprint density at radius 1 is 1.16 bits per heavy atom. The van der Waals surface area contributed by atoms with E-state index in [9.17, 15) is 14.7 Å². The number of hydrogen-bond donors (Lipinski definition) is 2. The minimum Gasteiger partial charge on any atom is -0.481 e. The van der Waals surface area contributed by atoms with Gasteiger partial charge in [-0.2, -0.15) is 0 Å². The first-order chi connectivity index (χ1) is 8.89. The summed E-state index contributed by atoms with van der Waals surface area (Å²) in [4.78, 5) is 26.7. The predicted molar refractivity (Wildman–Crippen MR) is 68.8 cm³/mol. The molecule has 2 aliphatic heterocycles. The fraction of sp³-hybridized carbons (Fsp3) is 0.846. The Labute approximate surface area is 113 Å². The molecule has 0 bridgehead atoms. The number of carbonyl (C=O) groups is 2. The van der Waals surface area contributed by atoms with Crippen LogP contribution in [0.15, 0.2) is 0 Å². The largest absolute Gasteiger partial charge is 0.481 e. The van der Waals surface area contributed by atoms with Gasteiger partial charge >= 0.3 is 12.0 Å². The molecule has 0 aromatic rings. The molecule has 2 heterocycles. The SMILES string of the molecule is CC1(O)CCN(C(=O)N2CCCC(C(=O)O)C2)CC1. The van der Waals surface area contributed by atoms with Crippen molar-refractivity contribution >= 4 is 12.0 Å². The highest BCUT2D eigenvalue weighted by atomic mass is 16.4. The first kappa shape index (κ1) is 14.1. The molecule has 108 valence electrons. The molecule has 1 atom stereocenters. The van der Waals surface area contributed by atoms with Crippen LogP contribution in [0, 0.1) is 5.92 Å². The van der Waals surface area contributed by atoms with Gasteiger partial charge in [-0.15, -0.1) is 0 Å². The van der Waals surface area contributed by atoms with Gasteiger partial charge in [0.1, 0.15) is 0 Å². The Kier molecular flexibility index (Phi) is 3.99. The molecule has 0 aliphatic carbocycles. The Balaban J connectivity index is 1.91. The molecule has 6 nitrogen and oxygen atoms in total. The summed E-state index contributed by atoms with van der Waals surface area (Å²) in [5, 5.41) is 18.9. The lowest BCUT2D eigenvalue weighted by Gasteiger charge is -2.40. The first-order valence-corrected chi connectivity index (χ1v) is 6.88. The van der Waals surface area contributed by atoms with E-state index in [1.165, 1.54) is 0 Å². The van der Waals surface area contributed by atoms with Crippen LogP contribution in [0.1, 0.15) is 32.6 Å². The van der Waals surface area contributed by atoms with Gasteiger partial charge < -0.3 is 20.0 Å². The van der Waals surface area contributed by atoms with Crippen LogP contribution < -0.4 is 0 Å². The zero-order valence-electron chi connectivity index (χ0n) is 11.3. The van der Waals surface area contributed by atoms with Gasteiger partial charge in [0.2, 0.25) is 0 Å². The second kappa shape index (κ2) is 5.36. The van der Waals surface area contributed by atoms with E-state index in [0.717, 1.165) is 6.42 Å². The van der Waals surface area contributed by atoms with Crippen LogP contribution in [0.2, 0.25) is 0 Å². The van der Waals surface area contributed by atoms with Crippen LogP contribution in [-0.2, 0) is 4.79 Å². The van der Waals surface area contributed by atoms with Crippen LogP contribution in [-0.4, -0.2) is 63.8 Å². The second-order valence-electron chi connectivity index (χ2n) is 5.89. The Bertz CT molecular complexity index is 360. The van der Waals surface area contributed by atoms with Crippen molar-refractivity contribution in [2.24, 2.45) is 5.92 Å². The van der Waals surface area contributed by atoms with E-state index < -0.39 is 17.5 Å². The summed E-state index contributed by atoms with van der Waals surface area (Å²) in [7, 11) is 0. The third-order valence-electron chi connectivity index (χ3n) is 4.15. The van der Waals surface area contributed by atoms with Gasteiger partial charge in [0.05, 0.1) is 11.5 Å². The normalized spacial score (nSPS) is 27.2. The maximum Gasteiger partial charge on any atom is 0.320 e. The lowest BCUT2D eigenvalue weighted by molar-refractivity contribution is -0.143. The molecule has 1 unspecified atom stereocenters. The summed E-state index contributed by atoms with van der Waals surface area (Å²) >= 11 is 0. The molecule has 6 heteroatoms. The van der Waals surface area contributed by atoms with E-state index >= 15 is 0 Å². The fourth-order valence-corrected chi connectivity index (χ4v) is 2.73. The van der Waals surface area contributed by atoms with E-state index in [-0.39, 0.29) is 6.03 Å². The molecular formula is C13H22N2O4. The summed E-state index contributed by atoms with van der Waals surface area (Å²) in [5.74, 6) is -1.26. The summed E-state index contributed by atoms with van der Waals surface area (Å²) in [5.41, 5.74) is -0.678. The van der Waals surface area contributed by atoms with Gasteiger partial charge in [0.25, 0.3) is 0 Å². The van der Waals surface area contributed by atoms with Gasteiger partial charge in [-0.1, -0.05) is 0 Å². The molecule has 2 rings (SSSR count). The van der Waals surface area contributed by atoms with Crippen molar-refractivity contribution in [1.29, 1.82) is 0 Å². The van der Waals surface area contributed by atoms with Crippen LogP contribution in [0.3, 0.4) is 0 Å². The fourth-order valence-electron chi connectivity index (χ4n) is 2.73. The standard InChI is InChI=1S/C13H22N2O4/c1-13(19)4-7-14(8-5-13)12(18)15-6-2-3-10(9-15)11(16)17/h10,19H,2-9H2,1H3,(H,16,17). The summed E-state index contributed by atoms with van der Waals surface area (Å²) in [6.45, 7) is 3.81. The first-order valence-electron chi connectivity index (χ1n) is 6.88. The molecule has 0 spiro atoms. The number of carbonyl (C=O) groups excluding carboxylic acids is 1. The number of piperidine rings is 2. The molecule has 0 aromatic carbocycles. The minimum atomic E-state index is -0.820. The van der Waals surface area contributed by atoms with Crippen molar-refractivity contribution in [2.75, 3.05) is 26.2 Å². The number of urea groups is 1. The van der Waals surface area contributed by atoms with E-state index in [0.29, 0.717) is 45.4 Å². The van der Waals surface area contributed by atoms with Gasteiger partial charge in [-0.3, -0.25) is 4.79 Å². The van der Waals surface area contributed by atoms with Crippen molar-refractivity contribution in [3.05, 3.63) is 0 Å². The van der Waals surface area contributed by atoms with Gasteiger partial charge in [-0.05, 0) is 32.6 Å². The Morgan fingerprint density at radius 2 is 1.79 bits per heavy atom. The van der Waals surface area contributed by atoms with Crippen molar-refractivity contribution < 1.29 is 19.8 Å². The summed E-state index contributed by atoms with van der Waals surface area (Å²) in [6.07, 6.45) is 2.55. The molecule has 2 aliphatic rings.